The van der Waals surface area contributed by atoms with Crippen molar-refractivity contribution in [1.82, 2.24) is 44.1 Å². The fourth-order valence-corrected chi connectivity index (χ4v) is 10.3. The van der Waals surface area contributed by atoms with E-state index >= 15 is 0 Å². The maximum atomic E-state index is 12.7. The van der Waals surface area contributed by atoms with Crippen molar-refractivity contribution in [2.45, 2.75) is 68.2 Å². The van der Waals surface area contributed by atoms with Gasteiger partial charge >= 0.3 is 22.5 Å². The second kappa shape index (κ2) is 26.1. The summed E-state index contributed by atoms with van der Waals surface area (Å²) < 4.78 is 85.1. The SMILES string of the molecule is CC1=Nn2nc(CCNS(=O)Oc3cc(NS(=O)Oc4cc(C)ccc4C)ccc3C)nc2C1=Nc1ccc(N(C)C)cc1.Cc1ccc(C)c(OS(=O)Nc2ccc(C)c(OS(=O)NCCc3nc4c(Cl)c(C)[nH]n4n3)c2)c1. The molecule has 4 atom stereocenters. The van der Waals surface area contributed by atoms with Gasteiger partial charge in [0.05, 0.1) is 28.5 Å². The summed E-state index contributed by atoms with van der Waals surface area (Å²) in [7, 11) is 3.98. The molecular formula is C52H59ClN14O8S4. The van der Waals surface area contributed by atoms with Gasteiger partial charge in [-0.1, -0.05) is 48.0 Å². The zero-order valence-corrected chi connectivity index (χ0v) is 48.9. The lowest BCUT2D eigenvalue weighted by atomic mass is 10.1. The van der Waals surface area contributed by atoms with Gasteiger partial charge in [-0.25, -0.2) is 24.4 Å². The molecule has 1 aliphatic heterocycles. The molecule has 4 heterocycles. The average Bonchev–Trinajstić information content (AvgIpc) is 4.17. The molecular weight excluding hydrogens is 1110 g/mol. The number of halogens is 1. The lowest BCUT2D eigenvalue weighted by Crippen LogP contribution is -2.24. The third kappa shape index (κ3) is 15.5. The molecule has 27 heteroatoms. The Morgan fingerprint density at radius 3 is 1.56 bits per heavy atom. The molecule has 79 heavy (non-hydrogen) atoms. The number of H-pyrrole nitrogens is 1. The summed E-state index contributed by atoms with van der Waals surface area (Å²) in [6, 6.07) is 29.5. The van der Waals surface area contributed by atoms with Gasteiger partial charge in [0.2, 0.25) is 5.82 Å². The summed E-state index contributed by atoms with van der Waals surface area (Å²) in [5.74, 6) is 3.45. The van der Waals surface area contributed by atoms with Crippen molar-refractivity contribution >= 4 is 96.5 Å². The van der Waals surface area contributed by atoms with Gasteiger partial charge < -0.3 is 21.6 Å². The molecule has 0 saturated carbocycles. The average molecular weight is 1170 g/mol. The van der Waals surface area contributed by atoms with Gasteiger partial charge in [0, 0.05) is 57.8 Å². The van der Waals surface area contributed by atoms with Crippen LogP contribution < -0.4 is 40.5 Å². The van der Waals surface area contributed by atoms with Crippen LogP contribution in [-0.2, 0) is 57.9 Å². The minimum absolute atomic E-state index is 0.294. The summed E-state index contributed by atoms with van der Waals surface area (Å²) in [6.45, 7) is 15.6. The highest BCUT2D eigenvalue weighted by Crippen LogP contribution is 2.28. The third-order valence-electron chi connectivity index (χ3n) is 11.8. The Morgan fingerprint density at radius 1 is 0.595 bits per heavy atom. The van der Waals surface area contributed by atoms with E-state index in [2.05, 4.69) is 49.3 Å². The smallest absolute Gasteiger partial charge is 0.316 e. The zero-order valence-electron chi connectivity index (χ0n) is 44.9. The quantitative estimate of drug-likeness (QED) is 0.0429. The monoisotopic (exact) mass is 1170 g/mol. The number of aromatic amines is 1. The van der Waals surface area contributed by atoms with Gasteiger partial charge in [-0.3, -0.25) is 14.5 Å². The van der Waals surface area contributed by atoms with Crippen LogP contribution in [0.2, 0.25) is 5.02 Å². The molecule has 1 aliphatic rings. The first-order chi connectivity index (χ1) is 37.7. The van der Waals surface area contributed by atoms with Crippen LogP contribution >= 0.6 is 11.6 Å². The fraction of sp³-hybridized carbons (Fsp3) is 0.269. The first-order valence-electron chi connectivity index (χ1n) is 24.5. The number of hydrogen-bond acceptors (Lipinski definition) is 15. The topological polar surface area (TPSA) is 258 Å². The summed E-state index contributed by atoms with van der Waals surface area (Å²) >= 11 is -1.15. The van der Waals surface area contributed by atoms with E-state index in [1.54, 1.807) is 36.4 Å². The molecule has 22 nitrogen and oxygen atoms in total. The third-order valence-corrected chi connectivity index (χ3v) is 15.2. The van der Waals surface area contributed by atoms with Gasteiger partial charge in [0.15, 0.2) is 17.3 Å². The standard InChI is InChI=1S/C30H34N8O4S2.C22H25ClN6O4S2/c1-19-7-8-20(2)26(17-19)42-44(40)36-24-10-9-21(3)27(18-24)41-43(39)31-16-15-28-33-30-29(22(4)34-38(30)35-28)32-23-11-13-25(14-12-23)37(5)6;1-13-5-6-14(2)18(11-13)33-35(31)28-17-8-7-15(3)19(12-17)32-34(30)24-10-9-20-25-22-21(23)16(4)26-29(22)27-20/h7-14,17-18,31,36H,15-16H2,1-6H3;5-8,11-12,24,26,28H,9-10H2,1-4H3. The van der Waals surface area contributed by atoms with Crippen LogP contribution in [0.4, 0.5) is 22.7 Å². The van der Waals surface area contributed by atoms with Crippen LogP contribution in [0.15, 0.2) is 107 Å². The Morgan fingerprint density at radius 2 is 1.06 bits per heavy atom. The molecule has 0 radical (unpaired) electrons. The van der Waals surface area contributed by atoms with Crippen LogP contribution in [0.5, 0.6) is 23.0 Å². The summed E-state index contributed by atoms with van der Waals surface area (Å²) in [6.07, 6.45) is 0.818. The number of nitrogens with one attached hydrogen (secondary N) is 5. The molecule has 5 N–H and O–H groups in total. The summed E-state index contributed by atoms with van der Waals surface area (Å²) in [5.41, 5.74) is 10.9. The predicted octanol–water partition coefficient (Wildman–Crippen LogP) is 8.29. The Labute approximate surface area is 472 Å². The minimum atomic E-state index is -1.85. The van der Waals surface area contributed by atoms with Gasteiger partial charge in [-0.2, -0.15) is 26.6 Å². The van der Waals surface area contributed by atoms with E-state index in [1.165, 1.54) is 9.42 Å². The van der Waals surface area contributed by atoms with E-state index < -0.39 is 45.1 Å². The van der Waals surface area contributed by atoms with Crippen LogP contribution in [0.3, 0.4) is 0 Å². The number of nitrogens with zero attached hydrogens (tertiary/aromatic N) is 9. The Hall–Kier alpha value is -7.33. The molecule has 3 aromatic heterocycles. The number of benzene rings is 5. The maximum Gasteiger partial charge on any atom is 0.316 e. The fourth-order valence-electron chi connectivity index (χ4n) is 7.37. The lowest BCUT2D eigenvalue weighted by Gasteiger charge is -2.12. The zero-order chi connectivity index (χ0) is 56.5. The van der Waals surface area contributed by atoms with Crippen molar-refractivity contribution < 1.29 is 33.6 Å². The molecule has 5 aromatic carbocycles. The second-order valence-electron chi connectivity index (χ2n) is 18.4. The lowest BCUT2D eigenvalue weighted by molar-refractivity contribution is 0.543. The van der Waals surface area contributed by atoms with Gasteiger partial charge in [-0.15, -0.1) is 15.0 Å². The van der Waals surface area contributed by atoms with Crippen molar-refractivity contribution in [3.05, 3.63) is 159 Å². The number of aromatic nitrogens is 7. The number of rotatable bonds is 22. The van der Waals surface area contributed by atoms with Crippen molar-refractivity contribution in [3.8, 4) is 23.0 Å². The Balaban J connectivity index is 0.000000214. The van der Waals surface area contributed by atoms with Crippen molar-refractivity contribution in [3.63, 3.8) is 0 Å². The molecule has 0 fully saturated rings. The van der Waals surface area contributed by atoms with E-state index in [1.807, 2.05) is 135 Å². The molecule has 0 aliphatic carbocycles. The largest absolute Gasteiger partial charge is 0.389 e. The number of aryl methyl sites for hydroxylation is 7. The number of hydrogen-bond donors (Lipinski definition) is 5. The second-order valence-corrected chi connectivity index (χ2v) is 22.3. The minimum Gasteiger partial charge on any atom is -0.389 e. The van der Waals surface area contributed by atoms with Gasteiger partial charge in [0.25, 0.3) is 22.5 Å². The predicted molar refractivity (Wildman–Crippen MR) is 313 cm³/mol. The Bertz CT molecular complexity index is 3680. The first-order valence-corrected chi connectivity index (χ1v) is 29.2. The van der Waals surface area contributed by atoms with Crippen LogP contribution in [0.25, 0.3) is 5.65 Å². The molecule has 416 valence electrons. The molecule has 0 amide bonds. The number of aliphatic imine (C=N–C) groups is 1. The molecule has 8 aromatic rings. The van der Waals surface area contributed by atoms with E-state index in [9.17, 15) is 16.8 Å². The normalized spacial score (nSPS) is 13.9. The summed E-state index contributed by atoms with van der Waals surface area (Å²) in [4.78, 5) is 17.2. The van der Waals surface area contributed by atoms with Gasteiger partial charge in [-0.05, 0) is 137 Å². The van der Waals surface area contributed by atoms with Crippen LogP contribution in [0.1, 0.15) is 63.5 Å². The van der Waals surface area contributed by atoms with Gasteiger partial charge in [0.1, 0.15) is 33.7 Å². The van der Waals surface area contributed by atoms with Crippen LogP contribution in [0, 0.1) is 48.5 Å². The van der Waals surface area contributed by atoms with E-state index in [0.29, 0.717) is 94.2 Å². The van der Waals surface area contributed by atoms with E-state index in [0.717, 1.165) is 56.2 Å². The number of fused-ring (bicyclic) bond motifs is 2. The Kier molecular flexibility index (Phi) is 19.1. The number of anilines is 3. The van der Waals surface area contributed by atoms with Crippen molar-refractivity contribution in [1.29, 1.82) is 0 Å². The van der Waals surface area contributed by atoms with Crippen LogP contribution in [-0.4, -0.2) is 90.1 Å². The summed E-state index contributed by atoms with van der Waals surface area (Å²) in [5, 5.41) is 16.7. The molecule has 9 rings (SSSR count). The van der Waals surface area contributed by atoms with E-state index in [4.69, 9.17) is 33.3 Å². The van der Waals surface area contributed by atoms with Crippen molar-refractivity contribution in [2.75, 3.05) is 41.5 Å². The van der Waals surface area contributed by atoms with E-state index in [-0.39, 0.29) is 0 Å². The molecule has 0 spiro atoms. The van der Waals surface area contributed by atoms with Crippen molar-refractivity contribution in [2.24, 2.45) is 10.1 Å². The first kappa shape index (κ1) is 57.8. The maximum absolute atomic E-state index is 12.7. The molecule has 4 unspecified atom stereocenters. The highest BCUT2D eigenvalue weighted by Gasteiger charge is 2.25. The molecule has 0 saturated heterocycles. The highest BCUT2D eigenvalue weighted by molar-refractivity contribution is 7.82. The molecule has 0 bridgehead atoms. The highest BCUT2D eigenvalue weighted by atomic mass is 35.5.